The molecule has 2 N–H and O–H groups in total. The van der Waals surface area contributed by atoms with Crippen LogP contribution in [0.25, 0.3) is 0 Å². The second kappa shape index (κ2) is 6.56. The van der Waals surface area contributed by atoms with Crippen LogP contribution in [0.2, 0.25) is 0 Å². The van der Waals surface area contributed by atoms with Crippen LogP contribution in [0.3, 0.4) is 0 Å². The van der Waals surface area contributed by atoms with E-state index in [9.17, 15) is 9.59 Å². The largest absolute Gasteiger partial charge is 0.378 e. The predicted molar refractivity (Wildman–Crippen MR) is 63.5 cm³/mol. The van der Waals surface area contributed by atoms with Crippen molar-refractivity contribution < 1.29 is 14.3 Å². The highest BCUT2D eigenvalue weighted by Gasteiger charge is 2.25. The van der Waals surface area contributed by atoms with Crippen LogP contribution in [0.5, 0.6) is 0 Å². The van der Waals surface area contributed by atoms with Crippen LogP contribution in [0.15, 0.2) is 0 Å². The molecule has 0 saturated carbocycles. The number of ether oxygens (including phenoxy) is 1. The van der Waals surface area contributed by atoms with Crippen molar-refractivity contribution in [2.45, 2.75) is 25.9 Å². The topological polar surface area (TPSA) is 70.7 Å². The van der Waals surface area contributed by atoms with E-state index in [2.05, 4.69) is 10.6 Å². The second-order valence-corrected chi connectivity index (χ2v) is 4.16. The van der Waals surface area contributed by atoms with Crippen molar-refractivity contribution in [3.8, 4) is 0 Å². The minimum absolute atomic E-state index is 0.0856. The Bertz CT molecular complexity index is 277. The minimum atomic E-state index is -0.504. The van der Waals surface area contributed by atoms with E-state index in [-0.39, 0.29) is 17.9 Å². The summed E-state index contributed by atoms with van der Waals surface area (Å²) in [4.78, 5) is 25.1. The minimum Gasteiger partial charge on any atom is -0.378 e. The van der Waals surface area contributed by atoms with Crippen molar-refractivity contribution in [2.24, 2.45) is 0 Å². The molecule has 0 spiro atoms. The van der Waals surface area contributed by atoms with Gasteiger partial charge in [0.25, 0.3) is 0 Å². The van der Waals surface area contributed by atoms with Crippen LogP contribution in [-0.2, 0) is 14.3 Å². The number of nitrogens with zero attached hydrogens (tertiary/aromatic N) is 1. The van der Waals surface area contributed by atoms with E-state index in [4.69, 9.17) is 4.74 Å². The van der Waals surface area contributed by atoms with Crippen LogP contribution in [-0.4, -0.2) is 62.1 Å². The van der Waals surface area contributed by atoms with Gasteiger partial charge in [0.05, 0.1) is 13.2 Å². The highest BCUT2D eigenvalue weighted by Crippen LogP contribution is 1.96. The van der Waals surface area contributed by atoms with Crippen LogP contribution in [0.1, 0.15) is 13.8 Å². The van der Waals surface area contributed by atoms with Crippen molar-refractivity contribution >= 4 is 11.8 Å². The maximum absolute atomic E-state index is 11.8. The summed E-state index contributed by atoms with van der Waals surface area (Å²) in [7, 11) is 1.72. The molecular weight excluding hydrogens is 222 g/mol. The van der Waals surface area contributed by atoms with Gasteiger partial charge in [0.2, 0.25) is 11.8 Å². The molecule has 0 radical (unpaired) electrons. The first-order valence-corrected chi connectivity index (χ1v) is 5.92. The predicted octanol–water partition coefficient (Wildman–Crippen LogP) is -1.04. The molecule has 0 aromatic heterocycles. The number of nitrogens with one attached hydrogen (secondary N) is 2. The summed E-state index contributed by atoms with van der Waals surface area (Å²) in [5.41, 5.74) is 0. The van der Waals surface area contributed by atoms with Gasteiger partial charge in [-0.1, -0.05) is 0 Å². The van der Waals surface area contributed by atoms with E-state index in [0.717, 1.165) is 0 Å². The van der Waals surface area contributed by atoms with E-state index in [1.165, 1.54) is 0 Å². The van der Waals surface area contributed by atoms with Gasteiger partial charge in [0.1, 0.15) is 12.1 Å². The molecule has 2 amide bonds. The van der Waals surface area contributed by atoms with Gasteiger partial charge >= 0.3 is 0 Å². The number of hydrogen-bond acceptors (Lipinski definition) is 4. The normalized spacial score (nSPS) is 21.7. The van der Waals surface area contributed by atoms with Gasteiger partial charge < -0.3 is 20.3 Å². The van der Waals surface area contributed by atoms with Gasteiger partial charge in [0.15, 0.2) is 0 Å². The van der Waals surface area contributed by atoms with E-state index < -0.39 is 6.04 Å². The van der Waals surface area contributed by atoms with Gasteiger partial charge in [-0.15, -0.1) is 0 Å². The summed E-state index contributed by atoms with van der Waals surface area (Å²) < 4.78 is 5.20. The number of likely N-dealkylation sites (N-methyl/N-ethyl adjacent to an activating group) is 1. The lowest BCUT2D eigenvalue weighted by Crippen LogP contribution is -2.55. The molecule has 1 aliphatic heterocycles. The van der Waals surface area contributed by atoms with Crippen LogP contribution >= 0.6 is 0 Å². The Morgan fingerprint density at radius 2 is 2.29 bits per heavy atom. The van der Waals surface area contributed by atoms with Gasteiger partial charge in [-0.3, -0.25) is 9.59 Å². The van der Waals surface area contributed by atoms with Gasteiger partial charge in [-0.25, -0.2) is 0 Å². The van der Waals surface area contributed by atoms with Crippen LogP contribution < -0.4 is 10.6 Å². The fraction of sp³-hybridized carbons (Fsp3) is 0.818. The fourth-order valence-electron chi connectivity index (χ4n) is 1.60. The number of carbonyl (C=O) groups is 2. The quantitative estimate of drug-likeness (QED) is 0.661. The van der Waals surface area contributed by atoms with E-state index in [1.807, 2.05) is 6.92 Å². The molecule has 0 bridgehead atoms. The average molecular weight is 243 g/mol. The number of amides is 2. The summed E-state index contributed by atoms with van der Waals surface area (Å²) in [6, 6.07) is -0.859. The molecule has 6 nitrogen and oxygen atoms in total. The summed E-state index contributed by atoms with van der Waals surface area (Å²) in [6.07, 6.45) is 0. The first-order chi connectivity index (χ1) is 8.06. The van der Waals surface area contributed by atoms with Crippen molar-refractivity contribution in [1.29, 1.82) is 0 Å². The molecule has 0 aromatic carbocycles. The zero-order valence-electron chi connectivity index (χ0n) is 10.7. The standard InChI is InChI=1S/C11H21N3O3/c1-4-14(3)11(16)8(2)13-10(15)9-7-17-6-5-12-9/h8-9,12H,4-7H2,1-3H3,(H,13,15). The zero-order chi connectivity index (χ0) is 12.8. The smallest absolute Gasteiger partial charge is 0.244 e. The molecule has 0 aromatic rings. The van der Waals surface area contributed by atoms with Gasteiger partial charge in [-0.2, -0.15) is 0 Å². The van der Waals surface area contributed by atoms with Crippen LogP contribution in [0.4, 0.5) is 0 Å². The lowest BCUT2D eigenvalue weighted by Gasteiger charge is -2.26. The Balaban J connectivity index is 2.41. The molecular formula is C11H21N3O3. The average Bonchev–Trinajstić information content (AvgIpc) is 2.37. The van der Waals surface area contributed by atoms with Crippen LogP contribution in [0, 0.1) is 0 Å². The third kappa shape index (κ3) is 3.98. The molecule has 1 heterocycles. The van der Waals surface area contributed by atoms with Crippen molar-refractivity contribution in [3.63, 3.8) is 0 Å². The fourth-order valence-corrected chi connectivity index (χ4v) is 1.60. The maximum atomic E-state index is 11.8. The maximum Gasteiger partial charge on any atom is 0.244 e. The van der Waals surface area contributed by atoms with E-state index >= 15 is 0 Å². The highest BCUT2D eigenvalue weighted by molar-refractivity contribution is 5.89. The molecule has 1 aliphatic rings. The van der Waals surface area contributed by atoms with Crippen molar-refractivity contribution in [2.75, 3.05) is 33.4 Å². The lowest BCUT2D eigenvalue weighted by atomic mass is 10.2. The molecule has 1 saturated heterocycles. The Hall–Kier alpha value is -1.14. The number of carbonyl (C=O) groups excluding carboxylic acids is 2. The highest BCUT2D eigenvalue weighted by atomic mass is 16.5. The molecule has 17 heavy (non-hydrogen) atoms. The monoisotopic (exact) mass is 243 g/mol. The molecule has 2 unspecified atom stereocenters. The third-order valence-corrected chi connectivity index (χ3v) is 2.82. The molecule has 2 atom stereocenters. The third-order valence-electron chi connectivity index (χ3n) is 2.82. The molecule has 6 heteroatoms. The Kier molecular flexibility index (Phi) is 5.37. The van der Waals surface area contributed by atoms with Gasteiger partial charge in [0, 0.05) is 20.1 Å². The number of hydrogen-bond donors (Lipinski definition) is 2. The summed E-state index contributed by atoms with van der Waals surface area (Å²) in [5.74, 6) is -0.271. The first-order valence-electron chi connectivity index (χ1n) is 5.92. The zero-order valence-corrected chi connectivity index (χ0v) is 10.7. The van der Waals surface area contributed by atoms with E-state index in [0.29, 0.717) is 26.3 Å². The SMILES string of the molecule is CCN(C)C(=O)C(C)NC(=O)C1COCCN1. The van der Waals surface area contributed by atoms with Crippen molar-refractivity contribution in [3.05, 3.63) is 0 Å². The Morgan fingerprint density at radius 3 is 2.82 bits per heavy atom. The summed E-state index contributed by atoms with van der Waals surface area (Å²) >= 11 is 0. The number of morpholine rings is 1. The second-order valence-electron chi connectivity index (χ2n) is 4.16. The van der Waals surface area contributed by atoms with Crippen molar-refractivity contribution in [1.82, 2.24) is 15.5 Å². The molecule has 1 rings (SSSR count). The first kappa shape index (κ1) is 13.9. The lowest BCUT2D eigenvalue weighted by molar-refractivity contribution is -0.136. The summed E-state index contributed by atoms with van der Waals surface area (Å²) in [5, 5.41) is 5.74. The molecule has 98 valence electrons. The van der Waals surface area contributed by atoms with Gasteiger partial charge in [-0.05, 0) is 13.8 Å². The Labute approximate surface area is 102 Å². The van der Waals surface area contributed by atoms with E-state index in [1.54, 1.807) is 18.9 Å². The molecule has 0 aliphatic carbocycles. The summed E-state index contributed by atoms with van der Waals surface area (Å²) in [6.45, 7) is 5.85. The molecule has 1 fully saturated rings. The Morgan fingerprint density at radius 1 is 1.59 bits per heavy atom. The number of rotatable bonds is 4.